The van der Waals surface area contributed by atoms with Crippen molar-refractivity contribution in [2.24, 2.45) is 13.0 Å². The van der Waals surface area contributed by atoms with Crippen LogP contribution in [0.3, 0.4) is 0 Å². The Morgan fingerprint density at radius 2 is 2.32 bits per heavy atom. The van der Waals surface area contributed by atoms with Crippen LogP contribution in [0.1, 0.15) is 25.7 Å². The fourth-order valence-electron chi connectivity index (χ4n) is 2.98. The predicted molar refractivity (Wildman–Crippen MR) is 83.7 cm³/mol. The Kier molecular flexibility index (Phi) is 4.52. The van der Waals surface area contributed by atoms with E-state index < -0.39 is 6.10 Å². The van der Waals surface area contributed by atoms with Crippen molar-refractivity contribution in [2.75, 3.05) is 24.5 Å². The molecule has 7 nitrogen and oxygen atoms in total. The van der Waals surface area contributed by atoms with E-state index in [9.17, 15) is 9.90 Å². The molecule has 1 aliphatic carbocycles. The van der Waals surface area contributed by atoms with Crippen LogP contribution in [0, 0.1) is 5.92 Å². The summed E-state index contributed by atoms with van der Waals surface area (Å²) in [6.45, 7) is 2.13. The molecule has 1 saturated heterocycles. The zero-order chi connectivity index (χ0) is 15.5. The second kappa shape index (κ2) is 6.56. The molecule has 1 aromatic rings. The molecule has 7 heteroatoms. The van der Waals surface area contributed by atoms with Crippen LogP contribution in [0.2, 0.25) is 0 Å². The number of urea groups is 1. The lowest BCUT2D eigenvalue weighted by atomic mass is 10.1. The summed E-state index contributed by atoms with van der Waals surface area (Å²) in [5, 5.41) is 19.8. The minimum absolute atomic E-state index is 0.132. The SMILES string of the molecule is Cn1cc(N2CCC[C@H](NC(=O)NC[C@@H](O)C3CC3)C2)cn1. The van der Waals surface area contributed by atoms with Gasteiger partial charge in [0.1, 0.15) is 0 Å². The van der Waals surface area contributed by atoms with Gasteiger partial charge in [0.05, 0.1) is 18.0 Å². The molecule has 2 aliphatic rings. The number of nitrogens with one attached hydrogen (secondary N) is 2. The first-order valence-corrected chi connectivity index (χ1v) is 8.08. The number of aliphatic hydroxyl groups is 1. The van der Waals surface area contributed by atoms with Gasteiger partial charge in [0.2, 0.25) is 0 Å². The van der Waals surface area contributed by atoms with E-state index in [1.54, 1.807) is 4.68 Å². The number of carbonyl (C=O) groups is 1. The van der Waals surface area contributed by atoms with Crippen molar-refractivity contribution in [3.63, 3.8) is 0 Å². The van der Waals surface area contributed by atoms with E-state index in [2.05, 4.69) is 20.6 Å². The van der Waals surface area contributed by atoms with E-state index in [-0.39, 0.29) is 12.1 Å². The zero-order valence-electron chi connectivity index (χ0n) is 13.0. The number of aryl methyl sites for hydroxylation is 1. The number of carbonyl (C=O) groups excluding carboxylic acids is 1. The van der Waals surface area contributed by atoms with E-state index >= 15 is 0 Å². The summed E-state index contributed by atoms with van der Waals surface area (Å²) in [6, 6.07) is -0.0511. The van der Waals surface area contributed by atoms with Gasteiger partial charge in [0.25, 0.3) is 0 Å². The molecule has 0 bridgehead atoms. The van der Waals surface area contributed by atoms with Crippen molar-refractivity contribution < 1.29 is 9.90 Å². The van der Waals surface area contributed by atoms with Gasteiger partial charge < -0.3 is 20.6 Å². The molecule has 1 aliphatic heterocycles. The lowest BCUT2D eigenvalue weighted by Gasteiger charge is -2.33. The van der Waals surface area contributed by atoms with Gasteiger partial charge in [-0.25, -0.2) is 4.79 Å². The lowest BCUT2D eigenvalue weighted by Crippen LogP contribution is -2.51. The molecule has 3 rings (SSSR count). The third kappa shape index (κ3) is 3.91. The first-order valence-electron chi connectivity index (χ1n) is 8.08. The standard InChI is InChI=1S/C15H25N5O2/c1-19-10-13(7-17-19)20-6-2-3-12(9-20)18-15(22)16-8-14(21)11-4-5-11/h7,10-12,14,21H,2-6,8-9H2,1H3,(H2,16,18,22)/t12-,14+/m0/s1. The highest BCUT2D eigenvalue weighted by molar-refractivity contribution is 5.74. The second-order valence-electron chi connectivity index (χ2n) is 6.42. The summed E-state index contributed by atoms with van der Waals surface area (Å²) in [4.78, 5) is 14.2. The lowest BCUT2D eigenvalue weighted by molar-refractivity contribution is 0.148. The van der Waals surface area contributed by atoms with Gasteiger partial charge >= 0.3 is 6.03 Å². The van der Waals surface area contributed by atoms with Crippen LogP contribution in [0.25, 0.3) is 0 Å². The van der Waals surface area contributed by atoms with Crippen molar-refractivity contribution in [1.82, 2.24) is 20.4 Å². The van der Waals surface area contributed by atoms with Gasteiger partial charge in [-0.05, 0) is 31.6 Å². The van der Waals surface area contributed by atoms with Crippen LogP contribution in [-0.2, 0) is 7.05 Å². The first kappa shape index (κ1) is 15.1. The Morgan fingerprint density at radius 1 is 1.50 bits per heavy atom. The van der Waals surface area contributed by atoms with Gasteiger partial charge in [-0.3, -0.25) is 4.68 Å². The van der Waals surface area contributed by atoms with Crippen molar-refractivity contribution in [3.8, 4) is 0 Å². The average molecular weight is 307 g/mol. The number of nitrogens with zero attached hydrogens (tertiary/aromatic N) is 3. The predicted octanol–water partition coefficient (Wildman–Crippen LogP) is 0.459. The molecular weight excluding hydrogens is 282 g/mol. The summed E-state index contributed by atoms with van der Waals surface area (Å²) in [6.07, 6.45) is 7.63. The molecule has 2 fully saturated rings. The quantitative estimate of drug-likeness (QED) is 0.738. The van der Waals surface area contributed by atoms with Crippen LogP contribution in [0.4, 0.5) is 10.5 Å². The Balaban J connectivity index is 1.44. The number of aromatic nitrogens is 2. The Labute approximate surface area is 130 Å². The average Bonchev–Trinajstić information content (AvgIpc) is 3.27. The van der Waals surface area contributed by atoms with Gasteiger partial charge in [0.15, 0.2) is 0 Å². The highest BCUT2D eigenvalue weighted by atomic mass is 16.3. The van der Waals surface area contributed by atoms with Crippen LogP contribution in [-0.4, -0.2) is 52.7 Å². The highest BCUT2D eigenvalue weighted by Gasteiger charge is 2.30. The molecule has 0 radical (unpaired) electrons. The van der Waals surface area contributed by atoms with E-state index in [1.807, 2.05) is 19.4 Å². The first-order chi connectivity index (χ1) is 10.6. The fourth-order valence-corrected chi connectivity index (χ4v) is 2.98. The van der Waals surface area contributed by atoms with E-state index in [0.29, 0.717) is 12.5 Å². The Bertz CT molecular complexity index is 514. The highest BCUT2D eigenvalue weighted by Crippen LogP contribution is 2.32. The van der Waals surface area contributed by atoms with Crippen LogP contribution in [0.5, 0.6) is 0 Å². The smallest absolute Gasteiger partial charge is 0.315 e. The maximum absolute atomic E-state index is 11.9. The van der Waals surface area contributed by atoms with E-state index in [4.69, 9.17) is 0 Å². The largest absolute Gasteiger partial charge is 0.391 e. The summed E-state index contributed by atoms with van der Waals surface area (Å²) in [5.41, 5.74) is 1.10. The van der Waals surface area contributed by atoms with E-state index in [0.717, 1.165) is 44.5 Å². The third-order valence-electron chi connectivity index (χ3n) is 4.45. The van der Waals surface area contributed by atoms with E-state index in [1.165, 1.54) is 0 Å². The maximum Gasteiger partial charge on any atom is 0.315 e. The number of hydrogen-bond acceptors (Lipinski definition) is 4. The maximum atomic E-state index is 11.9. The Morgan fingerprint density at radius 3 is 3.00 bits per heavy atom. The molecule has 22 heavy (non-hydrogen) atoms. The monoisotopic (exact) mass is 307 g/mol. The number of aliphatic hydroxyl groups excluding tert-OH is 1. The number of amides is 2. The summed E-state index contributed by atoms with van der Waals surface area (Å²) >= 11 is 0. The minimum Gasteiger partial charge on any atom is -0.391 e. The molecule has 2 amide bonds. The number of rotatable bonds is 5. The van der Waals surface area contributed by atoms with Crippen LogP contribution in [0.15, 0.2) is 12.4 Å². The van der Waals surface area contributed by atoms with Crippen LogP contribution < -0.4 is 15.5 Å². The normalized spacial score (nSPS) is 23.2. The number of piperidine rings is 1. The van der Waals surface area contributed by atoms with Crippen LogP contribution >= 0.6 is 0 Å². The van der Waals surface area contributed by atoms with Crippen molar-refractivity contribution >= 4 is 11.7 Å². The molecule has 1 aromatic heterocycles. The van der Waals surface area contributed by atoms with Gasteiger partial charge in [-0.15, -0.1) is 0 Å². The van der Waals surface area contributed by atoms with Crippen molar-refractivity contribution in [3.05, 3.63) is 12.4 Å². The molecule has 3 N–H and O–H groups in total. The van der Waals surface area contributed by atoms with Gasteiger partial charge in [-0.2, -0.15) is 5.10 Å². The molecule has 1 saturated carbocycles. The molecule has 122 valence electrons. The summed E-state index contributed by atoms with van der Waals surface area (Å²) < 4.78 is 1.79. The van der Waals surface area contributed by atoms with Gasteiger partial charge in [-0.1, -0.05) is 0 Å². The molecule has 2 atom stereocenters. The van der Waals surface area contributed by atoms with Gasteiger partial charge in [0, 0.05) is 38.9 Å². The number of anilines is 1. The zero-order valence-corrected chi connectivity index (χ0v) is 13.0. The molecular formula is C15H25N5O2. The molecule has 0 unspecified atom stereocenters. The second-order valence-corrected chi connectivity index (χ2v) is 6.42. The summed E-state index contributed by atoms with van der Waals surface area (Å²) in [5.74, 6) is 0.385. The minimum atomic E-state index is -0.399. The number of hydrogen-bond donors (Lipinski definition) is 3. The Hall–Kier alpha value is -1.76. The molecule has 2 heterocycles. The topological polar surface area (TPSA) is 82.4 Å². The van der Waals surface area contributed by atoms with Crippen molar-refractivity contribution in [1.29, 1.82) is 0 Å². The third-order valence-corrected chi connectivity index (χ3v) is 4.45. The fraction of sp³-hybridized carbons (Fsp3) is 0.733. The molecule has 0 spiro atoms. The summed E-state index contributed by atoms with van der Waals surface area (Å²) in [7, 11) is 1.90. The molecule has 0 aromatic carbocycles. The van der Waals surface area contributed by atoms with Crippen molar-refractivity contribution in [2.45, 2.75) is 37.8 Å².